The third kappa shape index (κ3) is 1.83. The zero-order chi connectivity index (χ0) is 11.5. The monoisotopic (exact) mass is 228 g/mol. The maximum Gasteiger partial charge on any atom is 0.179 e. The number of H-pyrrole nitrogens is 3. The van der Waals surface area contributed by atoms with Crippen molar-refractivity contribution in [3.05, 3.63) is 30.7 Å². The SMILES string of the molecule is c1cc(N=Nc2[nH]ncc2-c2ccn[nH]2)[nH]n1. The van der Waals surface area contributed by atoms with Crippen molar-refractivity contribution in [1.82, 2.24) is 30.6 Å². The van der Waals surface area contributed by atoms with Crippen molar-refractivity contribution in [2.75, 3.05) is 0 Å². The number of nitrogens with one attached hydrogen (secondary N) is 3. The van der Waals surface area contributed by atoms with Crippen LogP contribution in [0.4, 0.5) is 11.6 Å². The van der Waals surface area contributed by atoms with E-state index in [-0.39, 0.29) is 0 Å². The number of hydrogen-bond acceptors (Lipinski definition) is 5. The molecule has 3 rings (SSSR count). The van der Waals surface area contributed by atoms with E-state index < -0.39 is 0 Å². The van der Waals surface area contributed by atoms with Crippen LogP contribution in [0.3, 0.4) is 0 Å². The van der Waals surface area contributed by atoms with Crippen LogP contribution in [0.5, 0.6) is 0 Å². The highest BCUT2D eigenvalue weighted by atomic mass is 15.3. The van der Waals surface area contributed by atoms with Gasteiger partial charge in [0.05, 0.1) is 23.7 Å². The van der Waals surface area contributed by atoms with Crippen molar-refractivity contribution in [2.45, 2.75) is 0 Å². The normalized spacial score (nSPS) is 11.3. The first-order valence-electron chi connectivity index (χ1n) is 4.88. The van der Waals surface area contributed by atoms with Crippen molar-refractivity contribution in [2.24, 2.45) is 10.2 Å². The first kappa shape index (κ1) is 9.46. The number of aromatic nitrogens is 6. The van der Waals surface area contributed by atoms with Gasteiger partial charge >= 0.3 is 0 Å². The van der Waals surface area contributed by atoms with E-state index in [9.17, 15) is 0 Å². The predicted octanol–water partition coefficient (Wildman–Crippen LogP) is 1.94. The van der Waals surface area contributed by atoms with E-state index in [1.54, 1.807) is 24.7 Å². The molecule has 3 aromatic heterocycles. The summed E-state index contributed by atoms with van der Waals surface area (Å²) in [5.41, 5.74) is 1.64. The Morgan fingerprint density at radius 3 is 2.53 bits per heavy atom. The summed E-state index contributed by atoms with van der Waals surface area (Å²) >= 11 is 0. The third-order valence-corrected chi connectivity index (χ3v) is 2.15. The van der Waals surface area contributed by atoms with Gasteiger partial charge in [-0.05, 0) is 6.07 Å². The van der Waals surface area contributed by atoms with Crippen LogP contribution in [0.2, 0.25) is 0 Å². The molecule has 8 nitrogen and oxygen atoms in total. The molecule has 0 atom stereocenters. The van der Waals surface area contributed by atoms with Gasteiger partial charge in [-0.2, -0.15) is 15.3 Å². The highest BCUT2D eigenvalue weighted by Crippen LogP contribution is 2.26. The standard InChI is InChI=1S/C9H8N8/c1-3-10-13-7(1)6-5-12-16-9(6)17-15-8-2-4-11-14-8/h1-5H,(H,10,13)(H,11,14)(H,12,16). The van der Waals surface area contributed by atoms with Gasteiger partial charge in [-0.15, -0.1) is 10.2 Å². The summed E-state index contributed by atoms with van der Waals surface area (Å²) in [5.74, 6) is 1.14. The van der Waals surface area contributed by atoms with Gasteiger partial charge in [0.15, 0.2) is 11.6 Å². The molecule has 0 unspecified atom stereocenters. The average molecular weight is 228 g/mol. The van der Waals surface area contributed by atoms with Crippen molar-refractivity contribution in [1.29, 1.82) is 0 Å². The number of nitrogens with zero attached hydrogens (tertiary/aromatic N) is 5. The first-order chi connectivity index (χ1) is 8.43. The van der Waals surface area contributed by atoms with Crippen molar-refractivity contribution < 1.29 is 0 Å². The molecule has 0 fully saturated rings. The molecule has 0 aromatic carbocycles. The fraction of sp³-hybridized carbons (Fsp3) is 0. The molecule has 0 saturated carbocycles. The van der Waals surface area contributed by atoms with Crippen LogP contribution >= 0.6 is 0 Å². The van der Waals surface area contributed by atoms with Crippen LogP contribution in [-0.2, 0) is 0 Å². The van der Waals surface area contributed by atoms with Crippen LogP contribution in [0.1, 0.15) is 0 Å². The maximum atomic E-state index is 4.05. The van der Waals surface area contributed by atoms with Crippen molar-refractivity contribution >= 4 is 11.6 Å². The van der Waals surface area contributed by atoms with Gasteiger partial charge in [-0.1, -0.05) is 0 Å². The summed E-state index contributed by atoms with van der Waals surface area (Å²) in [6.45, 7) is 0. The lowest BCUT2D eigenvalue weighted by atomic mass is 10.2. The molecule has 17 heavy (non-hydrogen) atoms. The Morgan fingerprint density at radius 2 is 1.76 bits per heavy atom. The second-order valence-electron chi connectivity index (χ2n) is 3.24. The quantitative estimate of drug-likeness (QED) is 0.595. The van der Waals surface area contributed by atoms with Gasteiger partial charge in [0.2, 0.25) is 0 Å². The smallest absolute Gasteiger partial charge is 0.179 e. The summed E-state index contributed by atoms with van der Waals surface area (Å²) in [5, 5.41) is 27.9. The lowest BCUT2D eigenvalue weighted by Crippen LogP contribution is -1.75. The number of aromatic amines is 3. The molecule has 84 valence electrons. The number of azo groups is 1. The van der Waals surface area contributed by atoms with Gasteiger partial charge in [-0.25, -0.2) is 0 Å². The molecular formula is C9H8N8. The van der Waals surface area contributed by atoms with Crippen molar-refractivity contribution in [3.8, 4) is 11.3 Å². The molecule has 3 aromatic rings. The predicted molar refractivity (Wildman–Crippen MR) is 58.9 cm³/mol. The Kier molecular flexibility index (Phi) is 2.23. The van der Waals surface area contributed by atoms with Crippen molar-refractivity contribution in [3.63, 3.8) is 0 Å². The average Bonchev–Trinajstić information content (AvgIpc) is 3.09. The minimum Gasteiger partial charge on any atom is -0.278 e. The Hall–Kier alpha value is -2.77. The van der Waals surface area contributed by atoms with E-state index in [0.717, 1.165) is 11.3 Å². The molecular weight excluding hydrogens is 220 g/mol. The molecule has 0 aliphatic rings. The lowest BCUT2D eigenvalue weighted by molar-refractivity contribution is 1.02. The summed E-state index contributed by atoms with van der Waals surface area (Å²) in [6.07, 6.45) is 4.93. The van der Waals surface area contributed by atoms with Crippen LogP contribution in [0, 0.1) is 0 Å². The number of hydrogen-bond donors (Lipinski definition) is 3. The minimum absolute atomic E-state index is 0.559. The third-order valence-electron chi connectivity index (χ3n) is 2.15. The van der Waals surface area contributed by atoms with E-state index in [1.165, 1.54) is 0 Å². The first-order valence-corrected chi connectivity index (χ1v) is 4.88. The Morgan fingerprint density at radius 1 is 0.882 bits per heavy atom. The molecule has 0 saturated heterocycles. The highest BCUT2D eigenvalue weighted by Gasteiger charge is 2.07. The van der Waals surface area contributed by atoms with Crippen LogP contribution in [0.15, 0.2) is 41.0 Å². The van der Waals surface area contributed by atoms with Gasteiger partial charge in [0, 0.05) is 12.3 Å². The minimum atomic E-state index is 0.559. The maximum absolute atomic E-state index is 4.05. The van der Waals surface area contributed by atoms with E-state index in [1.807, 2.05) is 6.07 Å². The Bertz CT molecular complexity index is 603. The molecule has 3 N–H and O–H groups in total. The fourth-order valence-corrected chi connectivity index (χ4v) is 1.37. The van der Waals surface area contributed by atoms with E-state index >= 15 is 0 Å². The second-order valence-corrected chi connectivity index (χ2v) is 3.24. The highest BCUT2D eigenvalue weighted by molar-refractivity contribution is 5.68. The van der Waals surface area contributed by atoms with E-state index in [4.69, 9.17) is 0 Å². The van der Waals surface area contributed by atoms with Crippen LogP contribution in [-0.4, -0.2) is 30.6 Å². The molecule has 8 heteroatoms. The summed E-state index contributed by atoms with van der Waals surface area (Å²) < 4.78 is 0. The summed E-state index contributed by atoms with van der Waals surface area (Å²) in [7, 11) is 0. The van der Waals surface area contributed by atoms with Gasteiger partial charge < -0.3 is 0 Å². The lowest BCUT2D eigenvalue weighted by Gasteiger charge is -1.92. The molecule has 0 aliphatic heterocycles. The van der Waals surface area contributed by atoms with Crippen LogP contribution < -0.4 is 0 Å². The zero-order valence-electron chi connectivity index (χ0n) is 8.62. The summed E-state index contributed by atoms with van der Waals surface area (Å²) in [4.78, 5) is 0. The van der Waals surface area contributed by atoms with Gasteiger partial charge in [0.25, 0.3) is 0 Å². The number of rotatable bonds is 3. The van der Waals surface area contributed by atoms with Crippen LogP contribution in [0.25, 0.3) is 11.3 Å². The zero-order valence-corrected chi connectivity index (χ0v) is 8.62. The van der Waals surface area contributed by atoms with Gasteiger partial charge in [0.1, 0.15) is 0 Å². The summed E-state index contributed by atoms with van der Waals surface area (Å²) in [6, 6.07) is 3.55. The second kappa shape index (κ2) is 4.00. The molecule has 0 bridgehead atoms. The molecule has 3 heterocycles. The topological polar surface area (TPSA) is 111 Å². The largest absolute Gasteiger partial charge is 0.278 e. The fourth-order valence-electron chi connectivity index (χ4n) is 1.37. The molecule has 0 radical (unpaired) electrons. The Balaban J connectivity index is 1.92. The van der Waals surface area contributed by atoms with E-state index in [2.05, 4.69) is 40.8 Å². The molecule has 0 spiro atoms. The van der Waals surface area contributed by atoms with E-state index in [0.29, 0.717) is 11.6 Å². The van der Waals surface area contributed by atoms with Gasteiger partial charge in [-0.3, -0.25) is 15.3 Å². The molecule has 0 aliphatic carbocycles. The molecule has 0 amide bonds. The Labute approximate surface area is 95.2 Å².